The van der Waals surface area contributed by atoms with Crippen molar-refractivity contribution < 1.29 is 17.3 Å². The topological polar surface area (TPSA) is 52.6 Å². The molecule has 2 rings (SSSR count). The number of ether oxygens (including phenoxy) is 1. The van der Waals surface area contributed by atoms with Crippen LogP contribution in [0.15, 0.2) is 35.2 Å². The van der Waals surface area contributed by atoms with Crippen LogP contribution in [0.1, 0.15) is 12.8 Å². The molecule has 5 heteroatoms. The summed E-state index contributed by atoms with van der Waals surface area (Å²) in [6.07, 6.45) is 1.01. The van der Waals surface area contributed by atoms with E-state index < -0.39 is 10.1 Å². The van der Waals surface area contributed by atoms with Crippen molar-refractivity contribution >= 4 is 10.1 Å². The molecule has 1 aromatic rings. The average molecular weight is 242 g/mol. The second-order valence-electron chi connectivity index (χ2n) is 3.68. The smallest absolute Gasteiger partial charge is 0.297 e. The minimum Gasteiger partial charge on any atom is -0.381 e. The summed E-state index contributed by atoms with van der Waals surface area (Å²) >= 11 is 0. The number of hydrogen-bond acceptors (Lipinski definition) is 4. The number of benzene rings is 1. The van der Waals surface area contributed by atoms with Crippen molar-refractivity contribution in [2.24, 2.45) is 0 Å². The predicted molar refractivity (Wildman–Crippen MR) is 58.6 cm³/mol. The van der Waals surface area contributed by atoms with Crippen molar-refractivity contribution in [3.05, 3.63) is 30.3 Å². The molecule has 0 bridgehead atoms. The zero-order chi connectivity index (χ0) is 11.4. The van der Waals surface area contributed by atoms with E-state index in [1.165, 1.54) is 12.1 Å². The zero-order valence-corrected chi connectivity index (χ0v) is 9.65. The molecule has 4 nitrogen and oxygen atoms in total. The summed E-state index contributed by atoms with van der Waals surface area (Å²) in [7, 11) is -3.62. The van der Waals surface area contributed by atoms with Crippen molar-refractivity contribution in [1.29, 1.82) is 0 Å². The predicted octanol–water partition coefficient (Wildman–Crippen LogP) is 1.57. The van der Waals surface area contributed by atoms with Gasteiger partial charge in [0.2, 0.25) is 0 Å². The largest absolute Gasteiger partial charge is 0.381 e. The van der Waals surface area contributed by atoms with Crippen LogP contribution < -0.4 is 0 Å². The Kier molecular flexibility index (Phi) is 3.58. The third kappa shape index (κ3) is 2.81. The molecule has 0 radical (unpaired) electrons. The van der Waals surface area contributed by atoms with Crippen LogP contribution in [0.25, 0.3) is 0 Å². The van der Waals surface area contributed by atoms with Gasteiger partial charge in [0, 0.05) is 13.2 Å². The lowest BCUT2D eigenvalue weighted by molar-refractivity contribution is 0.0284. The Hall–Kier alpha value is -0.910. The van der Waals surface area contributed by atoms with Crippen LogP contribution in [0.4, 0.5) is 0 Å². The molecule has 0 spiro atoms. The normalized spacial score (nSPS) is 18.5. The SMILES string of the molecule is O=S(=O)(OC1CCOCC1)c1ccccc1. The quantitative estimate of drug-likeness (QED) is 0.755. The van der Waals surface area contributed by atoms with Crippen LogP contribution in [0, 0.1) is 0 Å². The number of hydrogen-bond donors (Lipinski definition) is 0. The molecule has 0 unspecified atom stereocenters. The van der Waals surface area contributed by atoms with Crippen LogP contribution >= 0.6 is 0 Å². The molecule has 16 heavy (non-hydrogen) atoms. The van der Waals surface area contributed by atoms with Crippen LogP contribution in [0.3, 0.4) is 0 Å². The van der Waals surface area contributed by atoms with Gasteiger partial charge in [0.25, 0.3) is 10.1 Å². The van der Waals surface area contributed by atoms with Crippen molar-refractivity contribution in [1.82, 2.24) is 0 Å². The molecule has 1 aromatic carbocycles. The van der Waals surface area contributed by atoms with Gasteiger partial charge >= 0.3 is 0 Å². The molecule has 1 fully saturated rings. The fourth-order valence-corrected chi connectivity index (χ4v) is 2.75. The first-order chi connectivity index (χ1) is 7.68. The Balaban J connectivity index is 2.08. The zero-order valence-electron chi connectivity index (χ0n) is 8.83. The second-order valence-corrected chi connectivity index (χ2v) is 5.25. The van der Waals surface area contributed by atoms with Crippen LogP contribution in [-0.4, -0.2) is 27.7 Å². The number of rotatable bonds is 3. The average Bonchev–Trinajstić information content (AvgIpc) is 2.31. The molecule has 1 saturated heterocycles. The Morgan fingerprint density at radius 1 is 1.12 bits per heavy atom. The van der Waals surface area contributed by atoms with Crippen molar-refractivity contribution in [3.63, 3.8) is 0 Å². The van der Waals surface area contributed by atoms with E-state index in [9.17, 15) is 8.42 Å². The van der Waals surface area contributed by atoms with Gasteiger partial charge in [-0.2, -0.15) is 8.42 Å². The Bertz CT molecular complexity index is 421. The van der Waals surface area contributed by atoms with Gasteiger partial charge in [-0.25, -0.2) is 0 Å². The molecular weight excluding hydrogens is 228 g/mol. The summed E-state index contributed by atoms with van der Waals surface area (Å²) in [6, 6.07) is 8.21. The Morgan fingerprint density at radius 3 is 2.38 bits per heavy atom. The molecule has 0 N–H and O–H groups in total. The molecule has 1 heterocycles. The highest BCUT2D eigenvalue weighted by molar-refractivity contribution is 7.86. The van der Waals surface area contributed by atoms with E-state index in [1.54, 1.807) is 18.2 Å². The lowest BCUT2D eigenvalue weighted by atomic mass is 10.2. The van der Waals surface area contributed by atoms with Gasteiger partial charge < -0.3 is 4.74 Å². The van der Waals surface area contributed by atoms with E-state index >= 15 is 0 Å². The first kappa shape index (κ1) is 11.6. The fraction of sp³-hybridized carbons (Fsp3) is 0.455. The highest BCUT2D eigenvalue weighted by Gasteiger charge is 2.23. The third-order valence-corrected chi connectivity index (χ3v) is 3.84. The van der Waals surface area contributed by atoms with E-state index in [-0.39, 0.29) is 11.0 Å². The van der Waals surface area contributed by atoms with Crippen molar-refractivity contribution in [2.45, 2.75) is 23.8 Å². The maximum absolute atomic E-state index is 11.8. The summed E-state index contributed by atoms with van der Waals surface area (Å²) in [5, 5.41) is 0. The van der Waals surface area contributed by atoms with E-state index in [4.69, 9.17) is 8.92 Å². The lowest BCUT2D eigenvalue weighted by Crippen LogP contribution is -2.26. The Morgan fingerprint density at radius 2 is 1.75 bits per heavy atom. The fourth-order valence-electron chi connectivity index (χ4n) is 1.59. The van der Waals surface area contributed by atoms with Crippen LogP contribution in [-0.2, 0) is 19.0 Å². The molecule has 1 aliphatic heterocycles. The van der Waals surface area contributed by atoms with Crippen LogP contribution in [0.2, 0.25) is 0 Å². The summed E-state index contributed by atoms with van der Waals surface area (Å²) in [5.41, 5.74) is 0. The Labute approximate surface area is 95.3 Å². The van der Waals surface area contributed by atoms with Gasteiger partial charge in [-0.05, 0) is 25.0 Å². The first-order valence-electron chi connectivity index (χ1n) is 5.24. The molecule has 0 aliphatic carbocycles. The molecule has 88 valence electrons. The molecule has 0 atom stereocenters. The van der Waals surface area contributed by atoms with Gasteiger partial charge in [-0.3, -0.25) is 4.18 Å². The summed E-state index contributed by atoms with van der Waals surface area (Å²) in [5.74, 6) is 0. The van der Waals surface area contributed by atoms with E-state index in [0.717, 1.165) is 0 Å². The van der Waals surface area contributed by atoms with Gasteiger partial charge in [-0.15, -0.1) is 0 Å². The van der Waals surface area contributed by atoms with E-state index in [0.29, 0.717) is 26.1 Å². The molecule has 0 amide bonds. The van der Waals surface area contributed by atoms with E-state index in [2.05, 4.69) is 0 Å². The molecule has 0 aromatic heterocycles. The molecule has 0 saturated carbocycles. The second kappa shape index (κ2) is 4.95. The van der Waals surface area contributed by atoms with Crippen LogP contribution in [0.5, 0.6) is 0 Å². The van der Waals surface area contributed by atoms with E-state index in [1.807, 2.05) is 0 Å². The molecule has 1 aliphatic rings. The van der Waals surface area contributed by atoms with Crippen molar-refractivity contribution in [2.75, 3.05) is 13.2 Å². The monoisotopic (exact) mass is 242 g/mol. The minimum absolute atomic E-state index is 0.210. The van der Waals surface area contributed by atoms with Gasteiger partial charge in [-0.1, -0.05) is 18.2 Å². The maximum Gasteiger partial charge on any atom is 0.297 e. The minimum atomic E-state index is -3.62. The summed E-state index contributed by atoms with van der Waals surface area (Å²) < 4.78 is 34.0. The maximum atomic E-state index is 11.8. The highest BCUT2D eigenvalue weighted by Crippen LogP contribution is 2.18. The first-order valence-corrected chi connectivity index (χ1v) is 6.65. The van der Waals surface area contributed by atoms with Crippen molar-refractivity contribution in [3.8, 4) is 0 Å². The van der Waals surface area contributed by atoms with Gasteiger partial charge in [0.1, 0.15) is 0 Å². The summed E-state index contributed by atoms with van der Waals surface area (Å²) in [6.45, 7) is 1.13. The third-order valence-electron chi connectivity index (χ3n) is 2.46. The lowest BCUT2D eigenvalue weighted by Gasteiger charge is -2.21. The highest BCUT2D eigenvalue weighted by atomic mass is 32.2. The van der Waals surface area contributed by atoms with Gasteiger partial charge in [0.15, 0.2) is 0 Å². The van der Waals surface area contributed by atoms with Gasteiger partial charge in [0.05, 0.1) is 11.0 Å². The standard InChI is InChI=1S/C11H14O4S/c12-16(13,11-4-2-1-3-5-11)15-10-6-8-14-9-7-10/h1-5,10H,6-9H2. The summed E-state index contributed by atoms with van der Waals surface area (Å²) in [4.78, 5) is 0.210. The molecular formula is C11H14O4S.